The van der Waals surface area contributed by atoms with E-state index in [2.05, 4.69) is 9.73 Å². The third-order valence-corrected chi connectivity index (χ3v) is 3.74. The van der Waals surface area contributed by atoms with Crippen molar-refractivity contribution in [3.05, 3.63) is 26.7 Å². The Morgan fingerprint density at radius 2 is 2.04 bits per heavy atom. The van der Waals surface area contributed by atoms with Gasteiger partial charge in [0.1, 0.15) is 5.56 Å². The van der Waals surface area contributed by atoms with Crippen LogP contribution in [-0.2, 0) is 14.3 Å². The second kappa shape index (κ2) is 8.73. The van der Waals surface area contributed by atoms with Crippen molar-refractivity contribution in [2.75, 3.05) is 13.7 Å². The van der Waals surface area contributed by atoms with E-state index in [-0.39, 0.29) is 32.9 Å². The molecule has 1 aromatic carbocycles. The highest BCUT2D eigenvalue weighted by atomic mass is 35.5. The van der Waals surface area contributed by atoms with Crippen LogP contribution in [0.1, 0.15) is 17.3 Å². The molecule has 0 aliphatic carbocycles. The zero-order chi connectivity index (χ0) is 17.6. The van der Waals surface area contributed by atoms with Crippen molar-refractivity contribution in [3.63, 3.8) is 0 Å². The topological polar surface area (TPSA) is 88.8 Å². The van der Waals surface area contributed by atoms with E-state index in [1.807, 2.05) is 0 Å². The highest BCUT2D eigenvalue weighted by Gasteiger charge is 2.22. The zero-order valence-corrected chi connectivity index (χ0v) is 14.4. The molecule has 23 heavy (non-hydrogen) atoms. The Kier molecular flexibility index (Phi) is 7.30. The first kappa shape index (κ1) is 19.2. The van der Waals surface area contributed by atoms with E-state index in [1.54, 1.807) is 13.0 Å². The van der Waals surface area contributed by atoms with Gasteiger partial charge in [-0.15, -0.1) is 0 Å². The molecule has 0 radical (unpaired) electrons. The lowest BCUT2D eigenvalue weighted by Crippen LogP contribution is -2.15. The number of aliphatic imine (C=N–C) groups is 1. The summed E-state index contributed by atoms with van der Waals surface area (Å²) >= 11 is 18.0. The lowest BCUT2D eigenvalue weighted by molar-refractivity contribution is -0.141. The van der Waals surface area contributed by atoms with Crippen LogP contribution in [0.4, 0.5) is 5.69 Å². The number of ether oxygens (including phenoxy) is 2. The maximum Gasteiger partial charge on any atom is 0.341 e. The summed E-state index contributed by atoms with van der Waals surface area (Å²) in [6, 6.07) is 3.01. The molecule has 0 aliphatic rings. The van der Waals surface area contributed by atoms with Gasteiger partial charge in [0.25, 0.3) is 0 Å². The number of esters is 2. The minimum Gasteiger partial charge on any atom is -0.468 e. The molecule has 9 heteroatoms. The Hall–Kier alpha value is -1.81. The van der Waals surface area contributed by atoms with Crippen LogP contribution in [0.3, 0.4) is 0 Å². The molecule has 1 aromatic rings. The minimum atomic E-state index is -1.23. The fourth-order valence-electron chi connectivity index (χ4n) is 1.50. The molecule has 0 saturated heterocycles. The lowest BCUT2D eigenvalue weighted by atomic mass is 10.1. The predicted octanol–water partition coefficient (Wildman–Crippen LogP) is 3.84. The molecule has 0 fully saturated rings. The maximum atomic E-state index is 11.9. The van der Waals surface area contributed by atoms with Crippen LogP contribution in [0.2, 0.25) is 15.1 Å². The number of carbonyl (C=O) groups excluding carboxylic acids is 2. The first-order chi connectivity index (χ1) is 10.9. The Labute approximate surface area is 147 Å². The lowest BCUT2D eigenvalue weighted by Gasteiger charge is -2.10. The summed E-state index contributed by atoms with van der Waals surface area (Å²) in [5.74, 6) is -2.76. The molecule has 1 rings (SSSR count). The average molecular weight is 378 g/mol. The smallest absolute Gasteiger partial charge is 0.341 e. The number of hydrogen-bond donors (Lipinski definition) is 0. The van der Waals surface area contributed by atoms with Gasteiger partial charge in [-0.2, -0.15) is 5.26 Å². The zero-order valence-electron chi connectivity index (χ0n) is 12.1. The quantitative estimate of drug-likeness (QED) is 0.442. The van der Waals surface area contributed by atoms with Crippen LogP contribution in [0, 0.1) is 17.2 Å². The highest BCUT2D eigenvalue weighted by molar-refractivity contribution is 6.47. The number of hydrogen-bond acceptors (Lipinski definition) is 6. The van der Waals surface area contributed by atoms with Gasteiger partial charge in [-0.3, -0.25) is 9.79 Å². The fraction of sp³-hybridized carbons (Fsp3) is 0.286. The Morgan fingerprint density at radius 1 is 1.39 bits per heavy atom. The second-order valence-electron chi connectivity index (χ2n) is 4.01. The Balaban J connectivity index is 3.31. The van der Waals surface area contributed by atoms with Crippen molar-refractivity contribution < 1.29 is 19.1 Å². The van der Waals surface area contributed by atoms with Gasteiger partial charge in [-0.1, -0.05) is 34.8 Å². The van der Waals surface area contributed by atoms with Gasteiger partial charge in [-0.25, -0.2) is 4.79 Å². The van der Waals surface area contributed by atoms with Crippen LogP contribution in [0.5, 0.6) is 0 Å². The summed E-state index contributed by atoms with van der Waals surface area (Å²) in [6.07, 6.45) is 1.03. The molecule has 0 N–H and O–H groups in total. The summed E-state index contributed by atoms with van der Waals surface area (Å²) in [5.41, 5.74) is -0.0744. The van der Waals surface area contributed by atoms with Gasteiger partial charge >= 0.3 is 11.9 Å². The van der Waals surface area contributed by atoms with Crippen molar-refractivity contribution in [2.45, 2.75) is 6.92 Å². The molecule has 0 saturated carbocycles. The largest absolute Gasteiger partial charge is 0.468 e. The molecule has 0 spiro atoms. The second-order valence-corrected chi connectivity index (χ2v) is 5.17. The standard InChI is InChI=1S/C14H11Cl3N2O4/c1-3-23-14(21)10-11(16)8(15)4-9(12(10)17)19-6-7(5-18)13(20)22-2/h4,6-7H,3H2,1-2H3. The summed E-state index contributed by atoms with van der Waals surface area (Å²) in [6.45, 7) is 1.74. The minimum absolute atomic E-state index is 0.0258. The van der Waals surface area contributed by atoms with Gasteiger partial charge in [0, 0.05) is 6.21 Å². The molecule has 0 heterocycles. The van der Waals surface area contributed by atoms with Gasteiger partial charge in [0.15, 0.2) is 5.92 Å². The van der Waals surface area contributed by atoms with Crippen molar-refractivity contribution in [3.8, 4) is 6.07 Å². The third kappa shape index (κ3) is 4.58. The first-order valence-electron chi connectivity index (χ1n) is 6.23. The molecule has 1 unspecified atom stereocenters. The first-order valence-corrected chi connectivity index (χ1v) is 7.36. The molecule has 0 aromatic heterocycles. The molecule has 0 amide bonds. The van der Waals surface area contributed by atoms with Crippen molar-refractivity contribution in [2.24, 2.45) is 10.9 Å². The average Bonchev–Trinajstić information content (AvgIpc) is 2.52. The molecular weight excluding hydrogens is 367 g/mol. The molecule has 6 nitrogen and oxygen atoms in total. The number of nitriles is 1. The van der Waals surface area contributed by atoms with Crippen LogP contribution in [0.25, 0.3) is 0 Å². The third-order valence-electron chi connectivity index (χ3n) is 2.57. The molecular formula is C14H11Cl3N2O4. The number of halogens is 3. The molecule has 0 aliphatic heterocycles. The number of benzene rings is 1. The summed E-state index contributed by atoms with van der Waals surface area (Å²) in [7, 11) is 1.14. The number of carbonyl (C=O) groups is 2. The predicted molar refractivity (Wildman–Crippen MR) is 86.7 cm³/mol. The summed E-state index contributed by atoms with van der Waals surface area (Å²) in [5, 5.41) is 8.74. The van der Waals surface area contributed by atoms with Crippen LogP contribution >= 0.6 is 34.8 Å². The van der Waals surface area contributed by atoms with Crippen LogP contribution < -0.4 is 0 Å². The monoisotopic (exact) mass is 376 g/mol. The number of methoxy groups -OCH3 is 1. The number of nitrogens with zero attached hydrogens (tertiary/aromatic N) is 2. The van der Waals surface area contributed by atoms with Crippen LogP contribution in [0.15, 0.2) is 11.1 Å². The molecule has 122 valence electrons. The fourth-order valence-corrected chi connectivity index (χ4v) is 2.24. The Morgan fingerprint density at radius 3 is 2.57 bits per heavy atom. The number of rotatable bonds is 5. The summed E-state index contributed by atoms with van der Waals surface area (Å²) < 4.78 is 9.31. The maximum absolute atomic E-state index is 11.9. The van der Waals surface area contributed by atoms with Gasteiger partial charge < -0.3 is 9.47 Å². The van der Waals surface area contributed by atoms with E-state index in [4.69, 9.17) is 44.8 Å². The van der Waals surface area contributed by atoms with E-state index in [0.717, 1.165) is 13.3 Å². The van der Waals surface area contributed by atoms with Crippen molar-refractivity contribution in [1.82, 2.24) is 0 Å². The van der Waals surface area contributed by atoms with Crippen LogP contribution in [-0.4, -0.2) is 31.9 Å². The Bertz CT molecular complexity index is 698. The SMILES string of the molecule is CCOC(=O)c1c(Cl)c(Cl)cc(N=CC(C#N)C(=O)OC)c1Cl. The van der Waals surface area contributed by atoms with E-state index in [1.165, 1.54) is 6.07 Å². The van der Waals surface area contributed by atoms with E-state index in [0.29, 0.717) is 0 Å². The van der Waals surface area contributed by atoms with E-state index in [9.17, 15) is 9.59 Å². The van der Waals surface area contributed by atoms with Gasteiger partial charge in [-0.05, 0) is 13.0 Å². The van der Waals surface area contributed by atoms with Crippen molar-refractivity contribution in [1.29, 1.82) is 5.26 Å². The van der Waals surface area contributed by atoms with Gasteiger partial charge in [0.2, 0.25) is 0 Å². The molecule has 1 atom stereocenters. The van der Waals surface area contributed by atoms with E-state index < -0.39 is 17.9 Å². The van der Waals surface area contributed by atoms with Gasteiger partial charge in [0.05, 0.1) is 40.5 Å². The van der Waals surface area contributed by atoms with E-state index >= 15 is 0 Å². The normalized spacial score (nSPS) is 11.8. The summed E-state index contributed by atoms with van der Waals surface area (Å²) in [4.78, 5) is 27.2. The van der Waals surface area contributed by atoms with Crippen molar-refractivity contribution >= 4 is 58.6 Å². The highest BCUT2D eigenvalue weighted by Crippen LogP contribution is 2.39. The molecule has 0 bridgehead atoms.